The van der Waals surface area contributed by atoms with Gasteiger partial charge < -0.3 is 0 Å². The molecule has 0 spiro atoms. The lowest BCUT2D eigenvalue weighted by molar-refractivity contribution is 0.310. The molecule has 0 bridgehead atoms. The summed E-state index contributed by atoms with van der Waals surface area (Å²) in [5, 5.41) is 9.05. The van der Waals surface area contributed by atoms with E-state index in [1.807, 2.05) is 0 Å². The number of aromatic nitrogens is 1. The summed E-state index contributed by atoms with van der Waals surface area (Å²) < 4.78 is 25.9. The molecular formula is C11H12ClN3O2S. The summed E-state index contributed by atoms with van der Waals surface area (Å²) in [7, 11) is -3.51. The summed E-state index contributed by atoms with van der Waals surface area (Å²) in [4.78, 5) is 3.92. The Labute approximate surface area is 111 Å². The summed E-state index contributed by atoms with van der Waals surface area (Å²) in [6.45, 7) is 0.756. The van der Waals surface area contributed by atoms with Crippen molar-refractivity contribution in [2.45, 2.75) is 17.7 Å². The van der Waals surface area contributed by atoms with Gasteiger partial charge in [0.2, 0.25) is 10.0 Å². The maximum atomic E-state index is 12.3. The van der Waals surface area contributed by atoms with E-state index in [2.05, 4.69) is 11.1 Å². The van der Waals surface area contributed by atoms with Crippen molar-refractivity contribution in [1.29, 1.82) is 5.26 Å². The highest BCUT2D eigenvalue weighted by atomic mass is 35.5. The van der Waals surface area contributed by atoms with E-state index >= 15 is 0 Å². The molecule has 1 saturated heterocycles. The Kier molecular flexibility index (Phi) is 3.85. The number of nitriles is 1. The molecule has 0 N–H and O–H groups in total. The van der Waals surface area contributed by atoms with Crippen LogP contribution in [-0.4, -0.2) is 30.8 Å². The average Bonchev–Trinajstić information content (AvgIpc) is 2.39. The fraction of sp³-hybridized carbons (Fsp3) is 0.455. The van der Waals surface area contributed by atoms with E-state index < -0.39 is 10.0 Å². The smallest absolute Gasteiger partial charge is 0.243 e. The van der Waals surface area contributed by atoms with Gasteiger partial charge in [0, 0.05) is 25.2 Å². The third kappa shape index (κ3) is 2.64. The third-order valence-electron chi connectivity index (χ3n) is 2.97. The first-order valence-corrected chi connectivity index (χ1v) is 7.37. The Hall–Kier alpha value is -1.16. The molecule has 1 fully saturated rings. The molecule has 96 valence electrons. The Balaban J connectivity index is 2.18. The highest BCUT2D eigenvalue weighted by Gasteiger charge is 2.29. The summed E-state index contributed by atoms with van der Waals surface area (Å²) in [6.07, 6.45) is 2.42. The maximum Gasteiger partial charge on any atom is 0.244 e. The third-order valence-corrected chi connectivity index (χ3v) is 5.08. The molecule has 1 aliphatic heterocycles. The first kappa shape index (κ1) is 13.3. The van der Waals surface area contributed by atoms with Crippen molar-refractivity contribution < 1.29 is 8.42 Å². The van der Waals surface area contributed by atoms with Crippen LogP contribution in [0.15, 0.2) is 23.2 Å². The molecule has 0 radical (unpaired) electrons. The lowest BCUT2D eigenvalue weighted by Crippen LogP contribution is -2.38. The molecule has 5 nitrogen and oxygen atoms in total. The van der Waals surface area contributed by atoms with Crippen LogP contribution in [0.2, 0.25) is 5.15 Å². The quantitative estimate of drug-likeness (QED) is 0.775. The molecule has 0 saturated carbocycles. The van der Waals surface area contributed by atoms with Crippen molar-refractivity contribution in [1.82, 2.24) is 9.29 Å². The van der Waals surface area contributed by atoms with Crippen LogP contribution < -0.4 is 0 Å². The van der Waals surface area contributed by atoms with Gasteiger partial charge in [-0.15, -0.1) is 0 Å². The van der Waals surface area contributed by atoms with Gasteiger partial charge in [-0.25, -0.2) is 13.4 Å². The van der Waals surface area contributed by atoms with Crippen molar-refractivity contribution in [2.24, 2.45) is 5.92 Å². The van der Waals surface area contributed by atoms with Crippen molar-refractivity contribution in [2.75, 3.05) is 13.1 Å². The van der Waals surface area contributed by atoms with Gasteiger partial charge in [0.15, 0.2) is 0 Å². The molecule has 0 amide bonds. The molecule has 0 unspecified atom stereocenters. The van der Waals surface area contributed by atoms with Gasteiger partial charge in [-0.05, 0) is 25.0 Å². The number of hydrogen-bond donors (Lipinski definition) is 0. The molecule has 0 aliphatic carbocycles. The van der Waals surface area contributed by atoms with E-state index in [4.69, 9.17) is 16.9 Å². The van der Waals surface area contributed by atoms with Gasteiger partial charge in [0.1, 0.15) is 10.0 Å². The lowest BCUT2D eigenvalue weighted by atomic mass is 10.0. The first-order valence-electron chi connectivity index (χ1n) is 5.55. The van der Waals surface area contributed by atoms with E-state index in [1.165, 1.54) is 22.6 Å². The van der Waals surface area contributed by atoms with Crippen LogP contribution in [0.4, 0.5) is 0 Å². The van der Waals surface area contributed by atoms with E-state index in [0.29, 0.717) is 25.9 Å². The Bertz CT molecular complexity index is 557. The topological polar surface area (TPSA) is 74.1 Å². The molecule has 2 rings (SSSR count). The van der Waals surface area contributed by atoms with E-state index in [9.17, 15) is 8.42 Å². The van der Waals surface area contributed by atoms with E-state index in [1.54, 1.807) is 0 Å². The number of nitrogens with zero attached hydrogens (tertiary/aromatic N) is 3. The molecular weight excluding hydrogens is 274 g/mol. The van der Waals surface area contributed by atoms with E-state index in [0.717, 1.165) is 0 Å². The van der Waals surface area contributed by atoms with Crippen LogP contribution in [-0.2, 0) is 10.0 Å². The molecule has 7 heteroatoms. The van der Waals surface area contributed by atoms with Gasteiger partial charge >= 0.3 is 0 Å². The van der Waals surface area contributed by atoms with Crippen molar-refractivity contribution in [3.8, 4) is 6.07 Å². The second-order valence-corrected chi connectivity index (χ2v) is 6.45. The Morgan fingerprint density at radius 1 is 1.39 bits per heavy atom. The van der Waals surface area contributed by atoms with Gasteiger partial charge in [-0.3, -0.25) is 0 Å². The van der Waals surface area contributed by atoms with Crippen molar-refractivity contribution >= 4 is 21.6 Å². The molecule has 1 aromatic heterocycles. The minimum Gasteiger partial charge on any atom is -0.243 e. The Morgan fingerprint density at radius 3 is 2.56 bits per heavy atom. The molecule has 18 heavy (non-hydrogen) atoms. The molecule has 2 heterocycles. The Morgan fingerprint density at radius 2 is 2.06 bits per heavy atom. The predicted molar refractivity (Wildman–Crippen MR) is 66.3 cm³/mol. The van der Waals surface area contributed by atoms with Crippen LogP contribution in [0.1, 0.15) is 12.8 Å². The average molecular weight is 286 g/mol. The van der Waals surface area contributed by atoms with E-state index in [-0.39, 0.29) is 16.0 Å². The first-order chi connectivity index (χ1) is 8.54. The SMILES string of the molecule is N#CC1CCN(S(=O)(=O)c2ccc(Cl)nc2)CC1. The standard InChI is InChI=1S/C11H12ClN3O2S/c12-11-2-1-10(8-14-11)18(16,17)15-5-3-9(7-13)4-6-15/h1-2,8-9H,3-6H2. The van der Waals surface area contributed by atoms with Gasteiger partial charge in [0.05, 0.1) is 6.07 Å². The molecule has 0 atom stereocenters. The largest absolute Gasteiger partial charge is 0.244 e. The fourth-order valence-electron chi connectivity index (χ4n) is 1.89. The van der Waals surface area contributed by atoms with Crippen molar-refractivity contribution in [3.63, 3.8) is 0 Å². The lowest BCUT2D eigenvalue weighted by Gasteiger charge is -2.28. The second-order valence-electron chi connectivity index (χ2n) is 4.12. The van der Waals surface area contributed by atoms with Crippen molar-refractivity contribution in [3.05, 3.63) is 23.5 Å². The number of sulfonamides is 1. The number of pyridine rings is 1. The minimum absolute atomic E-state index is 0.0419. The summed E-state index contributed by atoms with van der Waals surface area (Å²) >= 11 is 5.63. The van der Waals surface area contributed by atoms with Crippen LogP contribution >= 0.6 is 11.6 Å². The second kappa shape index (κ2) is 5.22. The van der Waals surface area contributed by atoms with Crippen LogP contribution in [0.5, 0.6) is 0 Å². The molecule has 0 aromatic carbocycles. The zero-order valence-corrected chi connectivity index (χ0v) is 11.2. The summed E-state index contributed by atoms with van der Waals surface area (Å²) in [5.41, 5.74) is 0. The number of rotatable bonds is 2. The van der Waals surface area contributed by atoms with Crippen LogP contribution in [0.3, 0.4) is 0 Å². The van der Waals surface area contributed by atoms with Crippen LogP contribution in [0.25, 0.3) is 0 Å². The number of halogens is 1. The maximum absolute atomic E-state index is 12.3. The minimum atomic E-state index is -3.51. The van der Waals surface area contributed by atoms with Gasteiger partial charge in [-0.1, -0.05) is 11.6 Å². The van der Waals surface area contributed by atoms with Gasteiger partial charge in [-0.2, -0.15) is 9.57 Å². The summed E-state index contributed by atoms with van der Waals surface area (Å²) in [6, 6.07) is 5.07. The number of hydrogen-bond acceptors (Lipinski definition) is 4. The van der Waals surface area contributed by atoms with Crippen LogP contribution in [0, 0.1) is 17.2 Å². The normalized spacial score (nSPS) is 18.4. The molecule has 1 aliphatic rings. The highest BCUT2D eigenvalue weighted by Crippen LogP contribution is 2.23. The monoisotopic (exact) mass is 285 g/mol. The highest BCUT2D eigenvalue weighted by molar-refractivity contribution is 7.89. The number of piperidine rings is 1. The summed E-state index contributed by atoms with van der Waals surface area (Å²) in [5.74, 6) is -0.0419. The van der Waals surface area contributed by atoms with Gasteiger partial charge in [0.25, 0.3) is 0 Å². The zero-order valence-electron chi connectivity index (χ0n) is 9.58. The zero-order chi connectivity index (χ0) is 13.2. The predicted octanol–water partition coefficient (Wildman–Crippen LogP) is 1.66. The fourth-order valence-corrected chi connectivity index (χ4v) is 3.42. The molecule has 1 aromatic rings.